The van der Waals surface area contributed by atoms with Crippen LogP contribution < -0.4 is 5.32 Å². The zero-order valence-corrected chi connectivity index (χ0v) is 10.6. The lowest BCUT2D eigenvalue weighted by Gasteiger charge is -2.20. The average Bonchev–Trinajstić information content (AvgIpc) is 2.35. The summed E-state index contributed by atoms with van der Waals surface area (Å²) >= 11 is 0. The standard InChI is InChI=1S/C14H21NO2/c1-14(2,11-16)9-8-13(17)15-10-12-6-4-3-5-7-12/h3-7,16H,8-11H2,1-2H3,(H,15,17). The third kappa shape index (κ3) is 5.50. The number of carbonyl (C=O) groups is 1. The fourth-order valence-electron chi connectivity index (χ4n) is 1.42. The molecule has 0 aliphatic carbocycles. The Hall–Kier alpha value is -1.35. The van der Waals surface area contributed by atoms with Crippen LogP contribution in [-0.2, 0) is 11.3 Å². The van der Waals surface area contributed by atoms with Crippen LogP contribution in [0.1, 0.15) is 32.3 Å². The van der Waals surface area contributed by atoms with E-state index in [1.54, 1.807) is 0 Å². The second-order valence-corrected chi connectivity index (χ2v) is 5.08. The lowest BCUT2D eigenvalue weighted by atomic mass is 9.89. The van der Waals surface area contributed by atoms with Crippen LogP contribution in [0.2, 0.25) is 0 Å². The van der Waals surface area contributed by atoms with Crippen molar-refractivity contribution in [2.75, 3.05) is 6.61 Å². The van der Waals surface area contributed by atoms with Gasteiger partial charge in [0.05, 0.1) is 0 Å². The smallest absolute Gasteiger partial charge is 0.220 e. The van der Waals surface area contributed by atoms with Crippen molar-refractivity contribution in [3.63, 3.8) is 0 Å². The molecule has 0 bridgehead atoms. The first kappa shape index (κ1) is 13.7. The molecule has 0 spiro atoms. The van der Waals surface area contributed by atoms with Crippen molar-refractivity contribution < 1.29 is 9.90 Å². The minimum atomic E-state index is -0.177. The summed E-state index contributed by atoms with van der Waals surface area (Å²) in [5.41, 5.74) is 0.923. The summed E-state index contributed by atoms with van der Waals surface area (Å²) in [6, 6.07) is 9.83. The maximum atomic E-state index is 11.6. The van der Waals surface area contributed by atoms with Crippen LogP contribution in [0, 0.1) is 5.41 Å². The van der Waals surface area contributed by atoms with E-state index >= 15 is 0 Å². The number of hydrogen-bond donors (Lipinski definition) is 2. The molecular formula is C14H21NO2. The van der Waals surface area contributed by atoms with Crippen molar-refractivity contribution >= 4 is 5.91 Å². The van der Waals surface area contributed by atoms with Crippen molar-refractivity contribution in [3.05, 3.63) is 35.9 Å². The van der Waals surface area contributed by atoms with Gasteiger partial charge < -0.3 is 10.4 Å². The van der Waals surface area contributed by atoms with Crippen LogP contribution in [-0.4, -0.2) is 17.6 Å². The molecule has 0 saturated carbocycles. The van der Waals surface area contributed by atoms with Gasteiger partial charge >= 0.3 is 0 Å². The molecule has 0 heterocycles. The molecule has 0 saturated heterocycles. The van der Waals surface area contributed by atoms with E-state index in [4.69, 9.17) is 5.11 Å². The van der Waals surface area contributed by atoms with E-state index in [0.29, 0.717) is 19.4 Å². The number of hydrogen-bond acceptors (Lipinski definition) is 2. The van der Waals surface area contributed by atoms with Gasteiger partial charge in [-0.25, -0.2) is 0 Å². The molecule has 3 nitrogen and oxygen atoms in total. The van der Waals surface area contributed by atoms with Crippen molar-refractivity contribution in [2.24, 2.45) is 5.41 Å². The lowest BCUT2D eigenvalue weighted by molar-refractivity contribution is -0.121. The molecule has 17 heavy (non-hydrogen) atoms. The van der Waals surface area contributed by atoms with E-state index in [-0.39, 0.29) is 17.9 Å². The molecule has 0 aliphatic heterocycles. The number of benzene rings is 1. The third-order valence-corrected chi connectivity index (χ3v) is 2.79. The molecule has 1 amide bonds. The first-order chi connectivity index (χ1) is 8.03. The normalized spacial score (nSPS) is 11.2. The third-order valence-electron chi connectivity index (χ3n) is 2.79. The molecule has 1 rings (SSSR count). The van der Waals surface area contributed by atoms with Crippen molar-refractivity contribution in [1.29, 1.82) is 0 Å². The Morgan fingerprint density at radius 1 is 1.29 bits per heavy atom. The first-order valence-electron chi connectivity index (χ1n) is 5.95. The summed E-state index contributed by atoms with van der Waals surface area (Å²) in [4.78, 5) is 11.6. The summed E-state index contributed by atoms with van der Waals surface area (Å²) in [6.07, 6.45) is 1.16. The second-order valence-electron chi connectivity index (χ2n) is 5.08. The molecule has 94 valence electrons. The molecule has 0 aromatic heterocycles. The molecule has 0 radical (unpaired) electrons. The summed E-state index contributed by atoms with van der Waals surface area (Å²) in [5.74, 6) is 0.0374. The van der Waals surface area contributed by atoms with Crippen LogP contribution in [0.25, 0.3) is 0 Å². The Morgan fingerprint density at radius 3 is 2.53 bits per heavy atom. The molecule has 0 aliphatic rings. The van der Waals surface area contributed by atoms with E-state index in [2.05, 4.69) is 5.32 Å². The molecule has 1 aromatic rings. The van der Waals surface area contributed by atoms with Gasteiger partial charge in [-0.15, -0.1) is 0 Å². The number of aliphatic hydroxyl groups is 1. The molecular weight excluding hydrogens is 214 g/mol. The highest BCUT2D eigenvalue weighted by atomic mass is 16.3. The first-order valence-corrected chi connectivity index (χ1v) is 5.95. The van der Waals surface area contributed by atoms with Gasteiger partial charge in [-0.05, 0) is 17.4 Å². The fraction of sp³-hybridized carbons (Fsp3) is 0.500. The lowest BCUT2D eigenvalue weighted by Crippen LogP contribution is -2.25. The molecule has 0 unspecified atom stereocenters. The summed E-state index contributed by atoms with van der Waals surface area (Å²) in [6.45, 7) is 4.59. The Labute approximate surface area is 103 Å². The van der Waals surface area contributed by atoms with Gasteiger partial charge in [-0.3, -0.25) is 4.79 Å². The summed E-state index contributed by atoms with van der Waals surface area (Å²) in [7, 11) is 0. The van der Waals surface area contributed by atoms with Crippen LogP contribution in [0.3, 0.4) is 0 Å². The van der Waals surface area contributed by atoms with Crippen molar-refractivity contribution in [2.45, 2.75) is 33.2 Å². The molecule has 0 fully saturated rings. The highest BCUT2D eigenvalue weighted by molar-refractivity contribution is 5.75. The molecule has 2 N–H and O–H groups in total. The van der Waals surface area contributed by atoms with E-state index in [1.165, 1.54) is 0 Å². The number of carbonyl (C=O) groups excluding carboxylic acids is 1. The maximum Gasteiger partial charge on any atom is 0.220 e. The van der Waals surface area contributed by atoms with Gasteiger partial charge in [0.15, 0.2) is 0 Å². The van der Waals surface area contributed by atoms with Crippen LogP contribution >= 0.6 is 0 Å². The van der Waals surface area contributed by atoms with Gasteiger partial charge in [0.25, 0.3) is 0 Å². The number of rotatable bonds is 6. The number of aliphatic hydroxyl groups excluding tert-OH is 1. The highest BCUT2D eigenvalue weighted by Crippen LogP contribution is 2.20. The second kappa shape index (κ2) is 6.40. The Kier molecular flexibility index (Phi) is 5.16. The zero-order valence-electron chi connectivity index (χ0n) is 10.6. The van der Waals surface area contributed by atoms with Crippen LogP contribution in [0.4, 0.5) is 0 Å². The zero-order chi connectivity index (χ0) is 12.7. The molecule has 1 aromatic carbocycles. The summed E-state index contributed by atoms with van der Waals surface area (Å²) < 4.78 is 0. The Balaban J connectivity index is 2.27. The minimum Gasteiger partial charge on any atom is -0.396 e. The van der Waals surface area contributed by atoms with E-state index in [9.17, 15) is 4.79 Å². The fourth-order valence-corrected chi connectivity index (χ4v) is 1.42. The predicted octanol–water partition coefficient (Wildman–Crippen LogP) is 2.10. The highest BCUT2D eigenvalue weighted by Gasteiger charge is 2.17. The van der Waals surface area contributed by atoms with Gasteiger partial charge in [0.2, 0.25) is 5.91 Å². The van der Waals surface area contributed by atoms with Crippen molar-refractivity contribution in [1.82, 2.24) is 5.32 Å². The topological polar surface area (TPSA) is 49.3 Å². The van der Waals surface area contributed by atoms with Crippen molar-refractivity contribution in [3.8, 4) is 0 Å². The monoisotopic (exact) mass is 235 g/mol. The predicted molar refractivity (Wildman–Crippen MR) is 68.4 cm³/mol. The average molecular weight is 235 g/mol. The quantitative estimate of drug-likeness (QED) is 0.793. The van der Waals surface area contributed by atoms with E-state index in [0.717, 1.165) is 5.56 Å². The summed E-state index contributed by atoms with van der Waals surface area (Å²) in [5, 5.41) is 12.0. The Bertz CT molecular complexity index is 346. The minimum absolute atomic E-state index is 0.0374. The maximum absolute atomic E-state index is 11.6. The van der Waals surface area contributed by atoms with E-state index in [1.807, 2.05) is 44.2 Å². The number of amides is 1. The molecule has 0 atom stereocenters. The van der Waals surface area contributed by atoms with Gasteiger partial charge in [0.1, 0.15) is 0 Å². The van der Waals surface area contributed by atoms with Gasteiger partial charge in [-0.2, -0.15) is 0 Å². The Morgan fingerprint density at radius 2 is 1.94 bits per heavy atom. The SMILES string of the molecule is CC(C)(CO)CCC(=O)NCc1ccccc1. The van der Waals surface area contributed by atoms with Crippen LogP contribution in [0.15, 0.2) is 30.3 Å². The molecule has 3 heteroatoms. The van der Waals surface area contributed by atoms with E-state index < -0.39 is 0 Å². The van der Waals surface area contributed by atoms with Gasteiger partial charge in [0, 0.05) is 19.6 Å². The largest absolute Gasteiger partial charge is 0.396 e. The van der Waals surface area contributed by atoms with Gasteiger partial charge in [-0.1, -0.05) is 44.2 Å². The number of nitrogens with one attached hydrogen (secondary N) is 1. The van der Waals surface area contributed by atoms with Crippen LogP contribution in [0.5, 0.6) is 0 Å².